The molecule has 186 valence electrons. The van der Waals surface area contributed by atoms with E-state index in [1.165, 1.54) is 19.2 Å². The molecule has 2 aromatic carbocycles. The summed E-state index contributed by atoms with van der Waals surface area (Å²) < 4.78 is 89.8. The topological polar surface area (TPSA) is 147 Å². The molecule has 9 nitrogen and oxygen atoms in total. The van der Waals surface area contributed by atoms with Gasteiger partial charge in [-0.3, -0.25) is 9.59 Å². The van der Waals surface area contributed by atoms with Crippen molar-refractivity contribution < 1.29 is 44.7 Å². The van der Waals surface area contributed by atoms with Gasteiger partial charge in [0, 0.05) is 7.05 Å². The molecule has 0 unspecified atom stereocenters. The minimum absolute atomic E-state index is 0.203. The molecule has 1 atom stereocenters. The zero-order valence-corrected chi connectivity index (χ0v) is 19.9. The van der Waals surface area contributed by atoms with E-state index in [4.69, 9.17) is 11.6 Å². The van der Waals surface area contributed by atoms with Gasteiger partial charge in [0.2, 0.25) is 21.3 Å². The highest BCUT2D eigenvalue weighted by Crippen LogP contribution is 2.35. The third-order valence-corrected chi connectivity index (χ3v) is 8.48. The van der Waals surface area contributed by atoms with Crippen molar-refractivity contribution in [2.75, 3.05) is 18.1 Å². The Labute approximate surface area is 197 Å². The first-order valence-corrected chi connectivity index (χ1v) is 12.6. The summed E-state index contributed by atoms with van der Waals surface area (Å²) in [7, 11) is -7.53. The number of rotatable bonds is 7. The Morgan fingerprint density at radius 3 is 2.15 bits per heavy atom. The highest BCUT2D eigenvalue weighted by Gasteiger charge is 2.56. The Kier molecular flexibility index (Phi) is 7.72. The lowest BCUT2D eigenvalue weighted by molar-refractivity contribution is -0.242. The van der Waals surface area contributed by atoms with Gasteiger partial charge in [0.25, 0.3) is 5.91 Å². The summed E-state index contributed by atoms with van der Waals surface area (Å²) >= 11 is 6.01. The van der Waals surface area contributed by atoms with E-state index in [-0.39, 0.29) is 6.92 Å². The number of aliphatic hydroxyl groups is 1. The Morgan fingerprint density at radius 2 is 1.62 bits per heavy atom. The van der Waals surface area contributed by atoms with Crippen LogP contribution in [0.1, 0.15) is 6.92 Å². The number of benzene rings is 2. The van der Waals surface area contributed by atoms with E-state index in [1.807, 2.05) is 0 Å². The highest BCUT2D eigenvalue weighted by atomic mass is 35.5. The number of para-hydroxylation sites is 1. The van der Waals surface area contributed by atoms with E-state index >= 15 is 0 Å². The second-order valence-corrected chi connectivity index (χ2v) is 11.3. The predicted octanol–water partition coefficient (Wildman–Crippen LogP) is 1.94. The number of anilines is 1. The van der Waals surface area contributed by atoms with Gasteiger partial charge in [0.1, 0.15) is 5.75 Å². The lowest BCUT2D eigenvalue weighted by Gasteiger charge is -2.25. The van der Waals surface area contributed by atoms with E-state index in [0.29, 0.717) is 0 Å². The van der Waals surface area contributed by atoms with Crippen LogP contribution < -0.4 is 10.6 Å². The van der Waals surface area contributed by atoms with Gasteiger partial charge >= 0.3 is 6.18 Å². The van der Waals surface area contributed by atoms with Gasteiger partial charge in [-0.15, -0.1) is 0 Å². The molecule has 15 heteroatoms. The smallest absolute Gasteiger partial charge is 0.373 e. The van der Waals surface area contributed by atoms with Gasteiger partial charge in [0.15, 0.2) is 9.84 Å². The summed E-state index contributed by atoms with van der Waals surface area (Å²) in [5.74, 6) is -3.66. The van der Waals surface area contributed by atoms with Crippen LogP contribution in [0.25, 0.3) is 0 Å². The number of sulfone groups is 2. The SMILES string of the molecule is CNC(=O)CS(=O)(=O)c1ccc(S(=O)(=O)c2ccccc2NC(=O)[C@@](C)(O)C(F)(F)F)c(Cl)c1. The Bertz CT molecular complexity index is 1340. The third kappa shape index (κ3) is 5.51. The molecule has 0 aromatic heterocycles. The minimum atomic E-state index is -5.34. The third-order valence-electron chi connectivity index (χ3n) is 4.57. The average Bonchev–Trinajstić information content (AvgIpc) is 2.72. The Hall–Kier alpha value is -2.68. The number of nitrogens with one attached hydrogen (secondary N) is 2. The van der Waals surface area contributed by atoms with Crippen molar-refractivity contribution >= 4 is 48.8 Å². The molecule has 2 aromatic rings. The quantitative estimate of drug-likeness (QED) is 0.484. The molecular formula is C19H18ClF3N2O7S2. The summed E-state index contributed by atoms with van der Waals surface area (Å²) in [4.78, 5) is 21.7. The van der Waals surface area contributed by atoms with E-state index in [9.17, 15) is 44.7 Å². The van der Waals surface area contributed by atoms with Crippen molar-refractivity contribution in [1.29, 1.82) is 0 Å². The molecule has 0 fully saturated rings. The molecule has 0 heterocycles. The molecule has 2 amide bonds. The standard InChI is InChI=1S/C19H18ClF3N2O7S2/c1-18(28,19(21,22)23)17(27)25-13-5-3-4-6-15(13)34(31,32)14-8-7-11(9-12(14)20)33(29,30)10-16(26)24-2/h3-9,28H,10H2,1-2H3,(H,24,26)(H,25,27)/t18-/m1/s1. The maximum absolute atomic E-state index is 13.2. The summed E-state index contributed by atoms with van der Waals surface area (Å²) in [5, 5.41) is 12.9. The lowest BCUT2D eigenvalue weighted by atomic mass is 10.1. The van der Waals surface area contributed by atoms with E-state index in [2.05, 4.69) is 5.32 Å². The number of halogens is 4. The predicted molar refractivity (Wildman–Crippen MR) is 115 cm³/mol. The maximum atomic E-state index is 13.2. The minimum Gasteiger partial charge on any atom is -0.373 e. The van der Waals surface area contributed by atoms with Gasteiger partial charge in [-0.1, -0.05) is 23.7 Å². The Morgan fingerprint density at radius 1 is 1.03 bits per heavy atom. The molecule has 0 saturated carbocycles. The van der Waals surface area contributed by atoms with Gasteiger partial charge < -0.3 is 15.7 Å². The van der Waals surface area contributed by atoms with Gasteiger partial charge in [-0.25, -0.2) is 16.8 Å². The van der Waals surface area contributed by atoms with Crippen LogP contribution in [0.3, 0.4) is 0 Å². The summed E-state index contributed by atoms with van der Waals surface area (Å²) in [6.07, 6.45) is -5.34. The highest BCUT2D eigenvalue weighted by molar-refractivity contribution is 7.92. The summed E-state index contributed by atoms with van der Waals surface area (Å²) in [6.45, 7) is 0.203. The summed E-state index contributed by atoms with van der Waals surface area (Å²) in [5.41, 5.74) is -4.40. The van der Waals surface area contributed by atoms with Crippen molar-refractivity contribution in [3.63, 3.8) is 0 Å². The molecule has 0 aliphatic rings. The molecule has 0 bridgehead atoms. The molecule has 3 N–H and O–H groups in total. The first kappa shape index (κ1) is 27.6. The molecular weight excluding hydrogens is 525 g/mol. The van der Waals surface area contributed by atoms with Crippen LogP contribution in [0.15, 0.2) is 57.2 Å². The first-order valence-electron chi connectivity index (χ1n) is 9.12. The molecule has 34 heavy (non-hydrogen) atoms. The van der Waals surface area contributed by atoms with Crippen molar-refractivity contribution in [3.05, 3.63) is 47.5 Å². The van der Waals surface area contributed by atoms with Crippen LogP contribution in [0, 0.1) is 0 Å². The van der Waals surface area contributed by atoms with Crippen molar-refractivity contribution in [2.24, 2.45) is 0 Å². The number of amides is 2. The lowest BCUT2D eigenvalue weighted by Crippen LogP contribution is -2.52. The van der Waals surface area contributed by atoms with E-state index in [0.717, 1.165) is 30.3 Å². The van der Waals surface area contributed by atoms with Gasteiger partial charge in [-0.05, 0) is 37.3 Å². The van der Waals surface area contributed by atoms with Crippen LogP contribution in [0.5, 0.6) is 0 Å². The fourth-order valence-corrected chi connectivity index (χ4v) is 5.76. The number of hydrogen-bond donors (Lipinski definition) is 3. The van der Waals surface area contributed by atoms with Crippen LogP contribution in [0.2, 0.25) is 5.02 Å². The van der Waals surface area contributed by atoms with E-state index in [1.54, 1.807) is 5.32 Å². The first-order chi connectivity index (χ1) is 15.4. The second-order valence-electron chi connectivity index (χ2n) is 7.05. The normalized spacial score (nSPS) is 14.2. The molecule has 0 aliphatic carbocycles. The maximum Gasteiger partial charge on any atom is 0.426 e. The van der Waals surface area contributed by atoms with Crippen LogP contribution >= 0.6 is 11.6 Å². The number of carbonyl (C=O) groups excluding carboxylic acids is 2. The average molecular weight is 543 g/mol. The van der Waals surface area contributed by atoms with Crippen molar-refractivity contribution in [1.82, 2.24) is 5.32 Å². The fourth-order valence-electron chi connectivity index (χ4n) is 2.52. The zero-order chi connectivity index (χ0) is 26.1. The zero-order valence-electron chi connectivity index (χ0n) is 17.5. The fraction of sp³-hybridized carbons (Fsp3) is 0.263. The summed E-state index contributed by atoms with van der Waals surface area (Å²) in [6, 6.07) is 6.97. The van der Waals surface area contributed by atoms with Crippen LogP contribution in [0.4, 0.5) is 18.9 Å². The molecule has 0 spiro atoms. The number of carbonyl (C=O) groups is 2. The number of alkyl halides is 3. The molecule has 0 radical (unpaired) electrons. The van der Waals surface area contributed by atoms with Crippen LogP contribution in [-0.4, -0.2) is 58.3 Å². The molecule has 0 aliphatic heterocycles. The Balaban J connectivity index is 2.51. The van der Waals surface area contributed by atoms with E-state index < -0.39 is 74.4 Å². The second kappa shape index (κ2) is 9.52. The van der Waals surface area contributed by atoms with Gasteiger partial charge in [0.05, 0.1) is 25.4 Å². The van der Waals surface area contributed by atoms with Gasteiger partial charge in [-0.2, -0.15) is 13.2 Å². The monoisotopic (exact) mass is 542 g/mol. The largest absolute Gasteiger partial charge is 0.426 e. The van der Waals surface area contributed by atoms with Crippen molar-refractivity contribution in [2.45, 2.75) is 33.4 Å². The molecule has 0 saturated heterocycles. The van der Waals surface area contributed by atoms with Crippen LogP contribution in [-0.2, 0) is 29.3 Å². The van der Waals surface area contributed by atoms with Crippen molar-refractivity contribution in [3.8, 4) is 0 Å². The number of hydrogen-bond acceptors (Lipinski definition) is 7. The molecule has 2 rings (SSSR count).